The van der Waals surface area contributed by atoms with Gasteiger partial charge in [0.05, 0.1) is 12.3 Å². The van der Waals surface area contributed by atoms with Gasteiger partial charge in [0.15, 0.2) is 5.11 Å². The van der Waals surface area contributed by atoms with Crippen LogP contribution in [0.3, 0.4) is 0 Å². The van der Waals surface area contributed by atoms with E-state index >= 15 is 0 Å². The number of amides is 1. The average molecular weight is 388 g/mol. The van der Waals surface area contributed by atoms with Gasteiger partial charge in [-0.3, -0.25) is 9.69 Å². The van der Waals surface area contributed by atoms with Crippen LogP contribution in [0.5, 0.6) is 5.75 Å². The fourth-order valence-electron chi connectivity index (χ4n) is 3.27. The van der Waals surface area contributed by atoms with E-state index in [0.29, 0.717) is 23.2 Å². The van der Waals surface area contributed by atoms with Gasteiger partial charge in [-0.1, -0.05) is 12.1 Å². The highest BCUT2D eigenvalue weighted by Crippen LogP contribution is 2.46. The monoisotopic (exact) mass is 388 g/mol. The summed E-state index contributed by atoms with van der Waals surface area (Å²) in [4.78, 5) is 16.4. The molecule has 2 heterocycles. The molecule has 0 aromatic heterocycles. The molecule has 4 nitrogen and oxygen atoms in total. The van der Waals surface area contributed by atoms with Crippen LogP contribution in [0, 0.1) is 5.82 Å². The molecule has 0 spiro atoms. The van der Waals surface area contributed by atoms with Crippen LogP contribution in [0.25, 0.3) is 0 Å². The van der Waals surface area contributed by atoms with Crippen molar-refractivity contribution in [3.63, 3.8) is 0 Å². The standard InChI is InChI=1S/C19H17FN2O2S2/c1-2-24-15-9-3-12(4-10-15)18-22-16(11-26-18)17(23)21(19(22)25)14-7-5-13(20)6-8-14/h3-10,16,18H,2,11H2,1H3/t16-,18?/m0/s1. The Balaban J connectivity index is 1.61. The predicted molar refractivity (Wildman–Crippen MR) is 105 cm³/mol. The Bertz CT molecular complexity index is 842. The lowest BCUT2D eigenvalue weighted by Crippen LogP contribution is -2.33. The van der Waals surface area contributed by atoms with Crippen molar-refractivity contribution in [3.8, 4) is 5.75 Å². The van der Waals surface area contributed by atoms with E-state index in [0.717, 1.165) is 11.3 Å². The third kappa shape index (κ3) is 2.85. The minimum Gasteiger partial charge on any atom is -0.494 e. The first-order chi connectivity index (χ1) is 12.6. The van der Waals surface area contributed by atoms with Gasteiger partial charge in [0.2, 0.25) is 0 Å². The Labute approximate surface area is 160 Å². The molecule has 1 unspecified atom stereocenters. The van der Waals surface area contributed by atoms with Crippen molar-refractivity contribution in [3.05, 3.63) is 59.9 Å². The zero-order chi connectivity index (χ0) is 18.3. The predicted octanol–water partition coefficient (Wildman–Crippen LogP) is 3.97. The Hall–Kier alpha value is -2.12. The lowest BCUT2D eigenvalue weighted by atomic mass is 10.2. The number of ether oxygens (including phenoxy) is 1. The molecule has 134 valence electrons. The molecule has 4 rings (SSSR count). The summed E-state index contributed by atoms with van der Waals surface area (Å²) in [5.41, 5.74) is 1.68. The van der Waals surface area contributed by atoms with Crippen LogP contribution >= 0.6 is 24.0 Å². The molecule has 2 atom stereocenters. The zero-order valence-corrected chi connectivity index (χ0v) is 15.7. The second-order valence-corrected chi connectivity index (χ2v) is 7.52. The lowest BCUT2D eigenvalue weighted by Gasteiger charge is -2.25. The van der Waals surface area contributed by atoms with Crippen LogP contribution in [0.15, 0.2) is 48.5 Å². The normalized spacial score (nSPS) is 22.1. The minimum absolute atomic E-state index is 0.0161. The van der Waals surface area contributed by atoms with Gasteiger partial charge in [0.1, 0.15) is 23.0 Å². The number of nitrogens with zero attached hydrogens (tertiary/aromatic N) is 2. The van der Waals surface area contributed by atoms with Crippen molar-refractivity contribution in [2.45, 2.75) is 18.3 Å². The van der Waals surface area contributed by atoms with Crippen molar-refractivity contribution < 1.29 is 13.9 Å². The number of carbonyl (C=O) groups is 1. The van der Waals surface area contributed by atoms with E-state index in [2.05, 4.69) is 0 Å². The molecular weight excluding hydrogens is 371 g/mol. The Morgan fingerprint density at radius 3 is 2.54 bits per heavy atom. The second-order valence-electron chi connectivity index (χ2n) is 6.04. The summed E-state index contributed by atoms with van der Waals surface area (Å²) in [6.07, 6.45) is 0. The highest BCUT2D eigenvalue weighted by atomic mass is 32.2. The molecule has 0 saturated carbocycles. The van der Waals surface area contributed by atoms with E-state index < -0.39 is 0 Å². The van der Waals surface area contributed by atoms with Gasteiger partial charge in [-0.15, -0.1) is 11.8 Å². The molecule has 2 aromatic rings. The maximum atomic E-state index is 13.2. The van der Waals surface area contributed by atoms with Crippen LogP contribution in [0.1, 0.15) is 17.9 Å². The molecule has 2 saturated heterocycles. The summed E-state index contributed by atoms with van der Waals surface area (Å²) in [7, 11) is 0. The molecule has 0 N–H and O–H groups in total. The molecular formula is C19H17FN2O2S2. The number of thiocarbonyl (C=S) groups is 1. The largest absolute Gasteiger partial charge is 0.494 e. The summed E-state index contributed by atoms with van der Waals surface area (Å²) < 4.78 is 18.7. The van der Waals surface area contributed by atoms with Crippen LogP contribution in [-0.4, -0.2) is 34.3 Å². The highest BCUT2D eigenvalue weighted by molar-refractivity contribution is 7.99. The van der Waals surface area contributed by atoms with E-state index in [1.165, 1.54) is 17.0 Å². The number of benzene rings is 2. The number of halogens is 1. The van der Waals surface area contributed by atoms with Gasteiger partial charge in [-0.2, -0.15) is 0 Å². The first kappa shape index (κ1) is 17.3. The molecule has 2 aromatic carbocycles. The molecule has 1 amide bonds. The van der Waals surface area contributed by atoms with Gasteiger partial charge < -0.3 is 9.64 Å². The summed E-state index contributed by atoms with van der Waals surface area (Å²) in [6, 6.07) is 13.5. The summed E-state index contributed by atoms with van der Waals surface area (Å²) >= 11 is 7.32. The Morgan fingerprint density at radius 2 is 1.88 bits per heavy atom. The first-order valence-electron chi connectivity index (χ1n) is 8.36. The van der Waals surface area contributed by atoms with Crippen molar-refractivity contribution >= 4 is 40.7 Å². The van der Waals surface area contributed by atoms with Crippen LogP contribution in [-0.2, 0) is 4.79 Å². The van der Waals surface area contributed by atoms with Crippen molar-refractivity contribution in [1.82, 2.24) is 4.90 Å². The fourth-order valence-corrected chi connectivity index (χ4v) is 5.19. The smallest absolute Gasteiger partial charge is 0.257 e. The van der Waals surface area contributed by atoms with Crippen LogP contribution in [0.4, 0.5) is 10.1 Å². The van der Waals surface area contributed by atoms with E-state index in [4.69, 9.17) is 17.0 Å². The maximum Gasteiger partial charge on any atom is 0.257 e. The molecule has 0 bridgehead atoms. The molecule has 0 aliphatic carbocycles. The highest BCUT2D eigenvalue weighted by Gasteiger charge is 2.50. The average Bonchev–Trinajstić information content (AvgIpc) is 3.18. The maximum absolute atomic E-state index is 13.2. The molecule has 2 fully saturated rings. The number of anilines is 1. The number of hydrogen-bond acceptors (Lipinski definition) is 4. The number of thioether (sulfide) groups is 1. The molecule has 7 heteroatoms. The minimum atomic E-state index is -0.338. The summed E-state index contributed by atoms with van der Waals surface area (Å²) in [5.74, 6) is 1.11. The molecule has 0 radical (unpaired) electrons. The van der Waals surface area contributed by atoms with E-state index in [1.54, 1.807) is 23.9 Å². The van der Waals surface area contributed by atoms with Crippen LogP contribution < -0.4 is 9.64 Å². The second kappa shape index (κ2) is 6.89. The SMILES string of the molecule is CCOc1ccc(C2SC[C@H]3C(=O)N(c4ccc(F)cc4)C(=S)N23)cc1. The van der Waals surface area contributed by atoms with E-state index in [9.17, 15) is 9.18 Å². The van der Waals surface area contributed by atoms with Crippen molar-refractivity contribution in [1.29, 1.82) is 0 Å². The van der Waals surface area contributed by atoms with Gasteiger partial charge in [-0.25, -0.2) is 4.39 Å². The van der Waals surface area contributed by atoms with Crippen LogP contribution in [0.2, 0.25) is 0 Å². The summed E-state index contributed by atoms with van der Waals surface area (Å²) in [6.45, 7) is 2.57. The Morgan fingerprint density at radius 1 is 1.19 bits per heavy atom. The van der Waals surface area contributed by atoms with Gasteiger partial charge in [0, 0.05) is 5.75 Å². The number of carbonyl (C=O) groups excluding carboxylic acids is 1. The topological polar surface area (TPSA) is 32.8 Å². The Kier molecular flexibility index (Phi) is 4.58. The van der Waals surface area contributed by atoms with E-state index in [1.807, 2.05) is 36.1 Å². The lowest BCUT2D eigenvalue weighted by molar-refractivity contribution is -0.119. The van der Waals surface area contributed by atoms with Crippen molar-refractivity contribution in [2.24, 2.45) is 0 Å². The van der Waals surface area contributed by atoms with Gasteiger partial charge >= 0.3 is 0 Å². The number of hydrogen-bond donors (Lipinski definition) is 0. The molecule has 26 heavy (non-hydrogen) atoms. The third-order valence-corrected chi connectivity index (χ3v) is 6.20. The van der Waals surface area contributed by atoms with E-state index in [-0.39, 0.29) is 23.1 Å². The van der Waals surface area contributed by atoms with Gasteiger partial charge in [-0.05, 0) is 61.1 Å². The molecule has 2 aliphatic rings. The third-order valence-electron chi connectivity index (χ3n) is 4.48. The summed E-state index contributed by atoms with van der Waals surface area (Å²) in [5, 5.41) is 0.452. The number of rotatable bonds is 4. The quantitative estimate of drug-likeness (QED) is 0.740. The zero-order valence-electron chi connectivity index (χ0n) is 14.1. The number of fused-ring (bicyclic) bond motifs is 1. The molecule has 2 aliphatic heterocycles. The first-order valence-corrected chi connectivity index (χ1v) is 9.82. The fraction of sp³-hybridized carbons (Fsp3) is 0.263. The van der Waals surface area contributed by atoms with Crippen molar-refractivity contribution in [2.75, 3.05) is 17.3 Å². The van der Waals surface area contributed by atoms with Gasteiger partial charge in [0.25, 0.3) is 5.91 Å².